The number of amides is 2. The monoisotopic (exact) mass is 392 g/mol. The Labute approximate surface area is 164 Å². The van der Waals surface area contributed by atoms with Gasteiger partial charge in [-0.1, -0.05) is 39.5 Å². The normalized spacial score (nSPS) is 20.1. The lowest BCUT2D eigenvalue weighted by Crippen LogP contribution is -2.44. The molecule has 3 N–H and O–H groups in total. The van der Waals surface area contributed by atoms with Crippen LogP contribution in [0.3, 0.4) is 0 Å². The van der Waals surface area contributed by atoms with Crippen LogP contribution in [0.1, 0.15) is 69.2 Å². The molecule has 1 aromatic rings. The number of nitrogens with one attached hydrogen (secondary N) is 2. The highest BCUT2D eigenvalue weighted by Crippen LogP contribution is 2.24. The van der Waals surface area contributed by atoms with Crippen molar-refractivity contribution in [2.45, 2.75) is 64.8 Å². The van der Waals surface area contributed by atoms with Crippen molar-refractivity contribution >= 4 is 23.5 Å². The molecule has 1 fully saturated rings. The first-order chi connectivity index (χ1) is 13.3. The van der Waals surface area contributed by atoms with Crippen LogP contribution in [-0.2, 0) is 9.59 Å². The molecular weight excluding hydrogens is 363 g/mol. The van der Waals surface area contributed by atoms with Crippen molar-refractivity contribution in [2.75, 3.05) is 5.32 Å². The number of carboxylic acids is 1. The molecule has 2 atom stereocenters. The number of hydrogen-bond donors (Lipinski definition) is 3. The second kappa shape index (κ2) is 10.2. The maximum absolute atomic E-state index is 14.3. The molecule has 0 radical (unpaired) electrons. The van der Waals surface area contributed by atoms with Gasteiger partial charge in [0.25, 0.3) is 5.91 Å². The Morgan fingerprint density at radius 1 is 1.14 bits per heavy atom. The van der Waals surface area contributed by atoms with E-state index in [1.165, 1.54) is 12.1 Å². The third-order valence-corrected chi connectivity index (χ3v) is 5.00. The number of carbonyl (C=O) groups is 3. The van der Waals surface area contributed by atoms with Gasteiger partial charge in [-0.15, -0.1) is 0 Å². The molecule has 1 saturated carbocycles. The average molecular weight is 392 g/mol. The van der Waals surface area contributed by atoms with E-state index in [-0.39, 0.29) is 29.5 Å². The molecule has 2 rings (SSSR count). The van der Waals surface area contributed by atoms with Crippen LogP contribution in [0.4, 0.5) is 10.1 Å². The van der Waals surface area contributed by atoms with Gasteiger partial charge in [0.2, 0.25) is 5.91 Å². The minimum absolute atomic E-state index is 0.0246. The van der Waals surface area contributed by atoms with Crippen molar-refractivity contribution in [1.82, 2.24) is 5.32 Å². The zero-order chi connectivity index (χ0) is 20.7. The number of carboxylic acid groups (broad SMARTS) is 1. The smallest absolute Gasteiger partial charge is 0.308 e. The minimum atomic E-state index is -0.915. The van der Waals surface area contributed by atoms with Crippen LogP contribution in [-0.4, -0.2) is 28.9 Å². The van der Waals surface area contributed by atoms with Crippen molar-refractivity contribution in [1.29, 1.82) is 0 Å². The van der Waals surface area contributed by atoms with E-state index in [4.69, 9.17) is 0 Å². The van der Waals surface area contributed by atoms with Crippen LogP contribution in [0, 0.1) is 17.7 Å². The quantitative estimate of drug-likeness (QED) is 0.683. The van der Waals surface area contributed by atoms with Crippen LogP contribution in [0.2, 0.25) is 0 Å². The van der Waals surface area contributed by atoms with Gasteiger partial charge in [-0.05, 0) is 37.0 Å². The maximum atomic E-state index is 14.3. The highest BCUT2D eigenvalue weighted by Gasteiger charge is 2.30. The third kappa shape index (κ3) is 6.32. The molecule has 0 spiro atoms. The summed E-state index contributed by atoms with van der Waals surface area (Å²) in [7, 11) is 0. The molecule has 0 bridgehead atoms. The Kier molecular flexibility index (Phi) is 7.96. The Hall–Kier alpha value is -2.44. The van der Waals surface area contributed by atoms with Crippen LogP contribution in [0.25, 0.3) is 0 Å². The number of carbonyl (C=O) groups excluding carboxylic acids is 2. The summed E-state index contributed by atoms with van der Waals surface area (Å²) in [5, 5.41) is 14.8. The molecular formula is C21H29FN2O4. The summed E-state index contributed by atoms with van der Waals surface area (Å²) >= 11 is 0. The second-order valence-electron chi connectivity index (χ2n) is 7.86. The van der Waals surface area contributed by atoms with Gasteiger partial charge < -0.3 is 15.7 Å². The number of anilines is 1. The van der Waals surface area contributed by atoms with Crippen LogP contribution in [0.5, 0.6) is 0 Å². The summed E-state index contributed by atoms with van der Waals surface area (Å²) in [5.74, 6) is -2.89. The number of rotatable bonds is 6. The molecule has 0 aromatic heterocycles. The second-order valence-corrected chi connectivity index (χ2v) is 7.86. The van der Waals surface area contributed by atoms with Crippen LogP contribution >= 0.6 is 0 Å². The van der Waals surface area contributed by atoms with E-state index in [9.17, 15) is 23.9 Å². The van der Waals surface area contributed by atoms with Gasteiger partial charge in [-0.25, -0.2) is 4.39 Å². The molecule has 7 heteroatoms. The number of hydrogen-bond acceptors (Lipinski definition) is 3. The zero-order valence-corrected chi connectivity index (χ0v) is 16.5. The van der Waals surface area contributed by atoms with Gasteiger partial charge in [-0.2, -0.15) is 0 Å². The molecule has 2 unspecified atom stereocenters. The molecule has 1 aliphatic carbocycles. The Bertz CT molecular complexity index is 720. The fraction of sp³-hybridized carbons (Fsp3) is 0.571. The summed E-state index contributed by atoms with van der Waals surface area (Å²) in [4.78, 5) is 35.9. The molecule has 0 aliphatic heterocycles. The largest absolute Gasteiger partial charge is 0.481 e. The van der Waals surface area contributed by atoms with E-state index < -0.39 is 29.7 Å². The minimum Gasteiger partial charge on any atom is -0.481 e. The summed E-state index contributed by atoms with van der Waals surface area (Å²) in [6, 6.07) is 3.38. The van der Waals surface area contributed by atoms with E-state index in [0.29, 0.717) is 12.8 Å². The van der Waals surface area contributed by atoms with E-state index >= 15 is 0 Å². The molecule has 0 saturated heterocycles. The fourth-order valence-electron chi connectivity index (χ4n) is 3.53. The number of aliphatic carboxylic acids is 1. The predicted octanol–water partition coefficient (Wildman–Crippen LogP) is 3.96. The summed E-state index contributed by atoms with van der Waals surface area (Å²) in [6.45, 7) is 3.78. The Balaban J connectivity index is 2.07. The van der Waals surface area contributed by atoms with Crippen molar-refractivity contribution in [2.24, 2.45) is 11.8 Å². The van der Waals surface area contributed by atoms with Gasteiger partial charge in [0.15, 0.2) is 0 Å². The standard InChI is InChI=1S/C21H29FN2O4/c1-13(2)11-19(25)23-18-10-9-14(12-16(18)22)20(26)24-17-8-6-4-3-5-7-15(17)21(27)28/h9-10,12-13,15,17H,3-8,11H2,1-2H3,(H,23,25)(H,24,26)(H,27,28). The highest BCUT2D eigenvalue weighted by molar-refractivity contribution is 5.96. The lowest BCUT2D eigenvalue weighted by molar-refractivity contribution is -0.143. The SMILES string of the molecule is CC(C)CC(=O)Nc1ccc(C(=O)NC2CCCCCCC2C(=O)O)cc1F. The van der Waals surface area contributed by atoms with Crippen molar-refractivity contribution < 1.29 is 23.9 Å². The van der Waals surface area contributed by atoms with Gasteiger partial charge in [0.1, 0.15) is 5.82 Å². The first-order valence-electron chi connectivity index (χ1n) is 9.91. The number of halogens is 1. The first-order valence-corrected chi connectivity index (χ1v) is 9.91. The first kappa shape index (κ1) is 21.9. The van der Waals surface area contributed by atoms with E-state index in [1.54, 1.807) is 0 Å². The predicted molar refractivity (Wildman–Crippen MR) is 105 cm³/mol. The van der Waals surface area contributed by atoms with Gasteiger partial charge >= 0.3 is 5.97 Å². The third-order valence-electron chi connectivity index (χ3n) is 5.00. The summed E-state index contributed by atoms with van der Waals surface area (Å²) in [6.07, 6.45) is 5.08. The molecule has 2 amide bonds. The molecule has 28 heavy (non-hydrogen) atoms. The van der Waals surface area contributed by atoms with Crippen molar-refractivity contribution in [3.05, 3.63) is 29.6 Å². The van der Waals surface area contributed by atoms with Crippen molar-refractivity contribution in [3.8, 4) is 0 Å². The Morgan fingerprint density at radius 2 is 1.82 bits per heavy atom. The molecule has 1 aliphatic rings. The van der Waals surface area contributed by atoms with Gasteiger partial charge in [0, 0.05) is 18.0 Å². The highest BCUT2D eigenvalue weighted by atomic mass is 19.1. The summed E-state index contributed by atoms with van der Waals surface area (Å²) in [5.41, 5.74) is 0.127. The van der Waals surface area contributed by atoms with Gasteiger partial charge in [-0.3, -0.25) is 14.4 Å². The van der Waals surface area contributed by atoms with Crippen LogP contribution in [0.15, 0.2) is 18.2 Å². The molecule has 0 heterocycles. The topological polar surface area (TPSA) is 95.5 Å². The average Bonchev–Trinajstić information content (AvgIpc) is 2.58. The van der Waals surface area contributed by atoms with Crippen LogP contribution < -0.4 is 10.6 Å². The van der Waals surface area contributed by atoms with E-state index in [1.807, 2.05) is 13.8 Å². The van der Waals surface area contributed by atoms with E-state index in [2.05, 4.69) is 10.6 Å². The summed E-state index contributed by atoms with van der Waals surface area (Å²) < 4.78 is 14.3. The van der Waals surface area contributed by atoms with Gasteiger partial charge in [0.05, 0.1) is 11.6 Å². The lowest BCUT2D eigenvalue weighted by Gasteiger charge is -2.27. The fourth-order valence-corrected chi connectivity index (χ4v) is 3.53. The maximum Gasteiger partial charge on any atom is 0.308 e. The Morgan fingerprint density at radius 3 is 2.43 bits per heavy atom. The number of benzene rings is 1. The molecule has 1 aromatic carbocycles. The molecule has 6 nitrogen and oxygen atoms in total. The molecule has 154 valence electrons. The van der Waals surface area contributed by atoms with Crippen molar-refractivity contribution in [3.63, 3.8) is 0 Å². The lowest BCUT2D eigenvalue weighted by atomic mass is 9.86. The zero-order valence-electron chi connectivity index (χ0n) is 16.5. The van der Waals surface area contributed by atoms with E-state index in [0.717, 1.165) is 31.7 Å².